The summed E-state index contributed by atoms with van der Waals surface area (Å²) >= 11 is 1.49. The third-order valence-electron chi connectivity index (χ3n) is 17.6. The van der Waals surface area contributed by atoms with Gasteiger partial charge in [0.15, 0.2) is 0 Å². The van der Waals surface area contributed by atoms with Crippen LogP contribution in [0, 0.1) is 0 Å². The van der Waals surface area contributed by atoms with Crippen LogP contribution in [-0.4, -0.2) is 0 Å². The molecule has 153 valence electrons. The van der Waals surface area contributed by atoms with E-state index in [2.05, 4.69) is 6.92 Å². The molecule has 10 aliphatic rings. The van der Waals surface area contributed by atoms with Crippen LogP contribution in [0.25, 0.3) is 0 Å². The molecule has 0 bridgehead atoms. The zero-order valence-electron chi connectivity index (χ0n) is 16.5. The maximum atomic E-state index is 2.32. The van der Waals surface area contributed by atoms with Crippen LogP contribution in [0.2, 0.25) is 50.5 Å². The Morgan fingerprint density at radius 1 is 0.577 bits per heavy atom. The molecule has 26 heavy (non-hydrogen) atoms. The molecule has 10 rings (SSSR count). The first-order valence-corrected chi connectivity index (χ1v) is 20.4. The summed E-state index contributed by atoms with van der Waals surface area (Å²) in [5.74, 6) is 0. The second-order valence-electron chi connectivity index (χ2n) is 14.2. The predicted molar refractivity (Wildman–Crippen MR) is 102 cm³/mol. The van der Waals surface area contributed by atoms with E-state index in [0.29, 0.717) is 0 Å². The molecule has 0 nitrogen and oxygen atoms in total. The van der Waals surface area contributed by atoms with Crippen molar-refractivity contribution in [1.29, 1.82) is 0 Å². The molecule has 0 aromatic heterocycles. The molecule has 4 atom stereocenters. The Balaban J connectivity index is 0.697. The van der Waals surface area contributed by atoms with E-state index in [9.17, 15) is 0 Å². The van der Waals surface area contributed by atoms with E-state index in [1.807, 2.05) is 0 Å². The van der Waals surface area contributed by atoms with Gasteiger partial charge >= 0.3 is 147 Å². The van der Waals surface area contributed by atoms with Crippen LogP contribution in [0.3, 0.4) is 0 Å². The van der Waals surface area contributed by atoms with Crippen LogP contribution in [-0.2, 0) is 26.3 Å². The van der Waals surface area contributed by atoms with Crippen molar-refractivity contribution < 1.29 is 26.3 Å². The Kier molecular flexibility index (Phi) is 1.06. The van der Waals surface area contributed by atoms with E-state index in [1.165, 1.54) is 73.7 Å². The van der Waals surface area contributed by atoms with Crippen molar-refractivity contribution in [1.82, 2.24) is 0 Å². The molecule has 0 aliphatic carbocycles. The van der Waals surface area contributed by atoms with Crippen LogP contribution in [0.1, 0.15) is 84.0 Å². The van der Waals surface area contributed by atoms with Gasteiger partial charge in [-0.3, -0.25) is 0 Å². The summed E-state index contributed by atoms with van der Waals surface area (Å²) < 4.78 is 2.96. The van der Waals surface area contributed by atoms with Crippen LogP contribution >= 0.6 is 0 Å². The number of rotatable bonds is 14. The molecule has 0 N–H and O–H groups in total. The van der Waals surface area contributed by atoms with Crippen molar-refractivity contribution in [2.45, 2.75) is 134 Å². The number of unbranched alkanes of at least 4 members (excludes halogenated alkanes) is 11. The van der Waals surface area contributed by atoms with Crippen molar-refractivity contribution in [2.24, 2.45) is 0 Å². The quantitative estimate of drug-likeness (QED) is 0.169. The normalized spacial score (nSPS) is 82.3. The van der Waals surface area contributed by atoms with Gasteiger partial charge < -0.3 is 0 Å². The van der Waals surface area contributed by atoms with Gasteiger partial charge in [0.05, 0.1) is 0 Å². The summed E-state index contributed by atoms with van der Waals surface area (Å²) in [5, 5.41) is 0. The van der Waals surface area contributed by atoms with E-state index in [1.54, 1.807) is 73.7 Å². The Morgan fingerprint density at radius 2 is 1.00 bits per heavy atom. The van der Waals surface area contributed by atoms with Crippen LogP contribution in [0.15, 0.2) is 0 Å². The number of hydrogen-bond donors (Lipinski definition) is 0. The first-order valence-electron chi connectivity index (χ1n) is 12.3. The Labute approximate surface area is 160 Å². The van der Waals surface area contributed by atoms with E-state index in [0.717, 1.165) is 0 Å². The van der Waals surface area contributed by atoms with Crippen LogP contribution in [0.5, 0.6) is 0 Å². The molecule has 2 heteroatoms. The summed E-state index contributed by atoms with van der Waals surface area (Å²) in [6.07, 6.45) is 18.2. The molecule has 0 saturated carbocycles. The molecule has 10 heterocycles. The van der Waals surface area contributed by atoms with Gasteiger partial charge in [-0.2, -0.15) is 0 Å². The summed E-state index contributed by atoms with van der Waals surface area (Å²) in [6, 6.07) is 0. The summed E-state index contributed by atoms with van der Waals surface area (Å²) in [7, 11) is 0. The minimum absolute atomic E-state index is 1.26. The first kappa shape index (κ1) is 14.3. The van der Waals surface area contributed by atoms with Crippen molar-refractivity contribution in [3.8, 4) is 0 Å². The fraction of sp³-hybridized carbons (Fsp3) is 1.00. The standard InChI is InChI=1S/C14H29.C5H5.C5H4.Ag.Fe/c1-3-5-7-9-11-13-14-12-10-8-6-4-2;2*1-2-4-5-3-1;;/h1,3-14H2,2H3;1-5H;1-4H;;. The second-order valence-corrected chi connectivity index (χ2v) is 40.8. The molecule has 0 aromatic carbocycles. The predicted octanol–water partition coefficient (Wildman–Crippen LogP) is 8.91. The monoisotopic (exact) mass is 489 g/mol. The van der Waals surface area contributed by atoms with Gasteiger partial charge in [0.25, 0.3) is 0 Å². The molecule has 0 aromatic rings. The van der Waals surface area contributed by atoms with Crippen molar-refractivity contribution in [3.63, 3.8) is 0 Å². The van der Waals surface area contributed by atoms with E-state index >= 15 is 0 Å². The molecular weight excluding hydrogens is 452 g/mol. The minimum atomic E-state index is -2.66. The molecule has 0 amide bonds. The molecule has 10 aliphatic heterocycles. The molecule has 4 unspecified atom stereocenters. The van der Waals surface area contributed by atoms with Crippen molar-refractivity contribution >= 4 is 0 Å². The molecule has 0 radical (unpaired) electrons. The van der Waals surface area contributed by atoms with Gasteiger partial charge in [-0.15, -0.1) is 0 Å². The fourth-order valence-electron chi connectivity index (χ4n) is 18.1. The molecular formula is C24H38AgFe. The van der Waals surface area contributed by atoms with E-state index in [-0.39, 0.29) is 0 Å². The zero-order chi connectivity index (χ0) is 16.9. The van der Waals surface area contributed by atoms with Crippen LogP contribution < -0.4 is 0 Å². The maximum absolute atomic E-state index is 2.66. The third-order valence-corrected chi connectivity index (χ3v) is 68.7. The summed E-state index contributed by atoms with van der Waals surface area (Å²) in [6.45, 7) is -0.338. The van der Waals surface area contributed by atoms with Gasteiger partial charge in [-0.25, -0.2) is 0 Å². The zero-order valence-corrected chi connectivity index (χ0v) is 19.1. The SMILES string of the molecule is CCCCCCCCCCCCC[CH2][Ag][C]12[CH]3[CH]4[CH]5[CH]1[Fe]45321678[CH]2[CH]1[CH]6[CH]7[CH]28. The topological polar surface area (TPSA) is 0 Å². The number of hydrogen-bond acceptors (Lipinski definition) is 0. The van der Waals surface area contributed by atoms with Gasteiger partial charge in [0.1, 0.15) is 0 Å². The van der Waals surface area contributed by atoms with E-state index in [4.69, 9.17) is 0 Å². The van der Waals surface area contributed by atoms with Gasteiger partial charge in [0.2, 0.25) is 0 Å². The number of fused-ring (bicyclic) bond motifs is 10. The Hall–Kier alpha value is 1.26. The molecule has 10 fully saturated rings. The third kappa shape index (κ3) is 0.280. The average molecular weight is 490 g/mol. The summed E-state index contributed by atoms with van der Waals surface area (Å²) in [4.78, 5) is 14.1. The second kappa shape index (κ2) is 1.93. The van der Waals surface area contributed by atoms with Gasteiger partial charge in [0, 0.05) is 0 Å². The fourth-order valence-corrected chi connectivity index (χ4v) is 110. The molecule has 1 spiro atoms. The van der Waals surface area contributed by atoms with Gasteiger partial charge in [-0.1, -0.05) is 13.3 Å². The summed E-state index contributed by atoms with van der Waals surface area (Å²) in [5.41, 5.74) is 0. The van der Waals surface area contributed by atoms with Crippen LogP contribution in [0.4, 0.5) is 0 Å². The Bertz CT molecular complexity index is 977. The Morgan fingerprint density at radius 3 is 1.35 bits per heavy atom. The average Bonchev–Trinajstić information content (AvgIpc) is 3.59. The first-order chi connectivity index (χ1) is 12.6. The van der Waals surface area contributed by atoms with E-state index < -0.39 is 6.51 Å². The molecule has 10 saturated heterocycles. The van der Waals surface area contributed by atoms with Gasteiger partial charge in [-0.05, 0) is 0 Å². The van der Waals surface area contributed by atoms with Crippen molar-refractivity contribution in [2.75, 3.05) is 0 Å². The van der Waals surface area contributed by atoms with Crippen molar-refractivity contribution in [3.05, 3.63) is 0 Å².